The van der Waals surface area contributed by atoms with Gasteiger partial charge in [0.15, 0.2) is 0 Å². The van der Waals surface area contributed by atoms with Crippen LogP contribution in [0, 0.1) is 0 Å². The maximum Gasteiger partial charge on any atom is 0.274 e. The molecule has 1 aromatic heterocycles. The van der Waals surface area contributed by atoms with Crippen molar-refractivity contribution in [1.82, 2.24) is 14.9 Å². The first-order valence-electron chi connectivity index (χ1n) is 4.64. The molecule has 0 unspecified atom stereocenters. The number of aliphatic hydroxyl groups excluding tert-OH is 1. The van der Waals surface area contributed by atoms with E-state index in [1.165, 1.54) is 11.1 Å². The predicted molar refractivity (Wildman–Crippen MR) is 53.5 cm³/mol. The summed E-state index contributed by atoms with van der Waals surface area (Å²) in [5.41, 5.74) is -0.179. The molecule has 2 N–H and O–H groups in total. The molecule has 0 bridgehead atoms. The van der Waals surface area contributed by atoms with Crippen LogP contribution in [0.3, 0.4) is 0 Å². The van der Waals surface area contributed by atoms with Crippen LogP contribution in [0.5, 0.6) is 0 Å². The fourth-order valence-electron chi connectivity index (χ4n) is 1.15. The van der Waals surface area contributed by atoms with Gasteiger partial charge in [0.1, 0.15) is 5.69 Å². The van der Waals surface area contributed by atoms with Crippen LogP contribution in [-0.4, -0.2) is 45.6 Å². The van der Waals surface area contributed by atoms with E-state index in [0.717, 1.165) is 6.20 Å². The SMILES string of the molecule is CCN(CCO)C(=O)c1c[nH]c(=O)cn1. The van der Waals surface area contributed by atoms with Crippen LogP contribution in [0.2, 0.25) is 0 Å². The second kappa shape index (κ2) is 5.26. The van der Waals surface area contributed by atoms with Gasteiger partial charge in [-0.2, -0.15) is 0 Å². The number of aliphatic hydroxyl groups is 1. The summed E-state index contributed by atoms with van der Waals surface area (Å²) in [5, 5.41) is 8.74. The van der Waals surface area contributed by atoms with Gasteiger partial charge in [-0.05, 0) is 6.92 Å². The third-order valence-corrected chi connectivity index (χ3v) is 1.93. The van der Waals surface area contributed by atoms with Crippen molar-refractivity contribution in [3.05, 3.63) is 28.4 Å². The van der Waals surface area contributed by atoms with E-state index in [0.29, 0.717) is 6.54 Å². The van der Waals surface area contributed by atoms with Crippen molar-refractivity contribution in [1.29, 1.82) is 0 Å². The van der Waals surface area contributed by atoms with Crippen LogP contribution in [0.1, 0.15) is 17.4 Å². The maximum absolute atomic E-state index is 11.7. The minimum atomic E-state index is -0.350. The first kappa shape index (κ1) is 11.4. The molecule has 1 aromatic rings. The van der Waals surface area contributed by atoms with Gasteiger partial charge < -0.3 is 15.0 Å². The minimum Gasteiger partial charge on any atom is -0.395 e. The Hall–Kier alpha value is -1.69. The quantitative estimate of drug-likeness (QED) is 0.684. The Kier molecular flexibility index (Phi) is 3.99. The fraction of sp³-hybridized carbons (Fsp3) is 0.444. The van der Waals surface area contributed by atoms with E-state index in [-0.39, 0.29) is 30.3 Å². The van der Waals surface area contributed by atoms with Gasteiger partial charge in [0.25, 0.3) is 11.5 Å². The van der Waals surface area contributed by atoms with Gasteiger partial charge in [-0.1, -0.05) is 0 Å². The normalized spacial score (nSPS) is 10.0. The summed E-state index contributed by atoms with van der Waals surface area (Å²) in [7, 11) is 0. The topological polar surface area (TPSA) is 86.3 Å². The molecule has 0 saturated carbocycles. The van der Waals surface area contributed by atoms with E-state index in [9.17, 15) is 9.59 Å². The van der Waals surface area contributed by atoms with Crippen molar-refractivity contribution in [2.24, 2.45) is 0 Å². The molecule has 0 aromatic carbocycles. The molecule has 0 aliphatic carbocycles. The van der Waals surface area contributed by atoms with Gasteiger partial charge in [0.05, 0.1) is 12.8 Å². The summed E-state index contributed by atoms with van der Waals surface area (Å²) >= 11 is 0. The van der Waals surface area contributed by atoms with Crippen LogP contribution < -0.4 is 5.56 Å². The van der Waals surface area contributed by atoms with Gasteiger partial charge in [-0.3, -0.25) is 9.59 Å². The lowest BCUT2D eigenvalue weighted by Gasteiger charge is -2.18. The highest BCUT2D eigenvalue weighted by atomic mass is 16.3. The third-order valence-electron chi connectivity index (χ3n) is 1.93. The highest BCUT2D eigenvalue weighted by Crippen LogP contribution is 1.97. The van der Waals surface area contributed by atoms with Crippen molar-refractivity contribution < 1.29 is 9.90 Å². The average molecular weight is 211 g/mol. The van der Waals surface area contributed by atoms with Crippen molar-refractivity contribution >= 4 is 5.91 Å². The smallest absolute Gasteiger partial charge is 0.274 e. The number of nitrogens with zero attached hydrogens (tertiary/aromatic N) is 2. The second-order valence-corrected chi connectivity index (χ2v) is 2.90. The van der Waals surface area contributed by atoms with E-state index < -0.39 is 0 Å². The average Bonchev–Trinajstić information content (AvgIpc) is 2.26. The first-order valence-corrected chi connectivity index (χ1v) is 4.64. The highest BCUT2D eigenvalue weighted by molar-refractivity contribution is 5.91. The van der Waals surface area contributed by atoms with E-state index in [4.69, 9.17) is 5.11 Å². The van der Waals surface area contributed by atoms with Crippen LogP contribution >= 0.6 is 0 Å². The number of carbonyl (C=O) groups is 1. The van der Waals surface area contributed by atoms with Gasteiger partial charge in [0.2, 0.25) is 0 Å². The Morgan fingerprint density at radius 1 is 1.67 bits per heavy atom. The zero-order valence-electron chi connectivity index (χ0n) is 8.43. The van der Waals surface area contributed by atoms with Crippen LogP contribution in [-0.2, 0) is 0 Å². The molecule has 1 rings (SSSR count). The van der Waals surface area contributed by atoms with Gasteiger partial charge >= 0.3 is 0 Å². The molecule has 82 valence electrons. The molecule has 1 amide bonds. The largest absolute Gasteiger partial charge is 0.395 e. The Bertz CT molecular complexity index is 368. The van der Waals surface area contributed by atoms with Gasteiger partial charge in [-0.15, -0.1) is 0 Å². The molecule has 1 heterocycles. The number of hydrogen-bond acceptors (Lipinski definition) is 4. The van der Waals surface area contributed by atoms with Gasteiger partial charge in [-0.25, -0.2) is 4.98 Å². The molecule has 15 heavy (non-hydrogen) atoms. The molecular weight excluding hydrogens is 198 g/mol. The molecule has 0 fully saturated rings. The number of aromatic nitrogens is 2. The predicted octanol–water partition coefficient (Wildman–Crippen LogP) is -0.776. The maximum atomic E-state index is 11.7. The Labute approximate surface area is 86.6 Å². The van der Waals surface area contributed by atoms with Crippen LogP contribution in [0.15, 0.2) is 17.2 Å². The van der Waals surface area contributed by atoms with E-state index >= 15 is 0 Å². The van der Waals surface area contributed by atoms with Gasteiger partial charge in [0, 0.05) is 19.3 Å². The summed E-state index contributed by atoms with van der Waals surface area (Å²) in [5.74, 6) is -0.303. The van der Waals surface area contributed by atoms with Crippen molar-refractivity contribution in [3.63, 3.8) is 0 Å². The number of rotatable bonds is 4. The van der Waals surface area contributed by atoms with Crippen molar-refractivity contribution in [3.8, 4) is 0 Å². The van der Waals surface area contributed by atoms with Crippen molar-refractivity contribution in [2.45, 2.75) is 6.92 Å². The summed E-state index contributed by atoms with van der Waals surface area (Å²) in [6.45, 7) is 2.46. The molecule has 0 radical (unpaired) electrons. The summed E-state index contributed by atoms with van der Waals surface area (Å²) in [4.78, 5) is 30.0. The monoisotopic (exact) mass is 211 g/mol. The second-order valence-electron chi connectivity index (χ2n) is 2.90. The number of hydrogen-bond donors (Lipinski definition) is 2. The summed E-state index contributed by atoms with van der Waals surface area (Å²) in [6, 6.07) is 0. The fourth-order valence-corrected chi connectivity index (χ4v) is 1.15. The zero-order valence-corrected chi connectivity index (χ0v) is 8.43. The third kappa shape index (κ3) is 2.88. The molecule has 0 saturated heterocycles. The zero-order chi connectivity index (χ0) is 11.3. The highest BCUT2D eigenvalue weighted by Gasteiger charge is 2.14. The number of nitrogens with one attached hydrogen (secondary N) is 1. The Morgan fingerprint density at radius 3 is 2.87 bits per heavy atom. The van der Waals surface area contributed by atoms with E-state index in [1.54, 1.807) is 6.92 Å². The molecule has 6 nitrogen and oxygen atoms in total. The molecular formula is C9H13N3O3. The van der Waals surface area contributed by atoms with E-state index in [1.807, 2.05) is 0 Å². The first-order chi connectivity index (χ1) is 7.19. The Morgan fingerprint density at radius 2 is 2.40 bits per heavy atom. The Balaban J connectivity index is 2.82. The number of carbonyl (C=O) groups excluding carboxylic acids is 1. The standard InChI is InChI=1S/C9H13N3O3/c1-2-12(3-4-13)9(15)7-5-11-8(14)6-10-7/h5-6,13H,2-4H2,1H3,(H,11,14). The van der Waals surface area contributed by atoms with Crippen LogP contribution in [0.4, 0.5) is 0 Å². The number of H-pyrrole nitrogens is 1. The lowest BCUT2D eigenvalue weighted by molar-refractivity contribution is 0.0725. The summed E-state index contributed by atoms with van der Waals surface area (Å²) in [6.07, 6.45) is 2.32. The minimum absolute atomic E-state index is 0.0943. The number of aromatic amines is 1. The number of amides is 1. The molecule has 0 aliphatic rings. The van der Waals surface area contributed by atoms with Crippen molar-refractivity contribution in [2.75, 3.05) is 19.7 Å². The lowest BCUT2D eigenvalue weighted by atomic mass is 10.3. The lowest BCUT2D eigenvalue weighted by Crippen LogP contribution is -2.34. The molecule has 6 heteroatoms. The molecule has 0 spiro atoms. The van der Waals surface area contributed by atoms with Crippen LogP contribution in [0.25, 0.3) is 0 Å². The van der Waals surface area contributed by atoms with E-state index in [2.05, 4.69) is 9.97 Å². The number of likely N-dealkylation sites (N-methyl/N-ethyl adjacent to an activating group) is 1. The molecule has 0 atom stereocenters. The summed E-state index contributed by atoms with van der Waals surface area (Å²) < 4.78 is 0. The molecule has 0 aliphatic heterocycles.